The molecule has 26 heavy (non-hydrogen) atoms. The van der Waals surface area contributed by atoms with Gasteiger partial charge in [-0.1, -0.05) is 23.7 Å². The molecule has 0 bridgehead atoms. The molecule has 2 aromatic carbocycles. The third-order valence-corrected chi connectivity index (χ3v) is 5.19. The van der Waals surface area contributed by atoms with Gasteiger partial charge in [-0.05, 0) is 49.2 Å². The molecule has 1 fully saturated rings. The lowest BCUT2D eigenvalue weighted by Crippen LogP contribution is -2.50. The van der Waals surface area contributed by atoms with Crippen LogP contribution in [0.15, 0.2) is 36.4 Å². The van der Waals surface area contributed by atoms with E-state index in [0.29, 0.717) is 42.6 Å². The zero-order chi connectivity index (χ0) is 18.7. The van der Waals surface area contributed by atoms with E-state index in [1.165, 1.54) is 6.07 Å². The summed E-state index contributed by atoms with van der Waals surface area (Å²) in [6.07, 6.45) is 0. The molecule has 0 aliphatic carbocycles. The van der Waals surface area contributed by atoms with Gasteiger partial charge in [-0.3, -0.25) is 4.79 Å². The van der Waals surface area contributed by atoms with E-state index < -0.39 is 0 Å². The lowest BCUT2D eigenvalue weighted by Gasteiger charge is -2.36. The van der Waals surface area contributed by atoms with Crippen LogP contribution >= 0.6 is 11.6 Å². The monoisotopic (exact) mass is 376 g/mol. The predicted molar refractivity (Wildman–Crippen MR) is 102 cm³/mol. The summed E-state index contributed by atoms with van der Waals surface area (Å²) in [4.78, 5) is 16.1. The Labute approximate surface area is 158 Å². The Kier molecular flexibility index (Phi) is 5.67. The van der Waals surface area contributed by atoms with Gasteiger partial charge in [-0.2, -0.15) is 0 Å². The molecular formula is C20H22ClFN2O2. The fraction of sp³-hybridized carbons (Fsp3) is 0.350. The van der Waals surface area contributed by atoms with E-state index in [4.69, 9.17) is 16.3 Å². The van der Waals surface area contributed by atoms with Crippen LogP contribution in [-0.4, -0.2) is 43.6 Å². The zero-order valence-electron chi connectivity index (χ0n) is 15.0. The Morgan fingerprint density at radius 3 is 2.35 bits per heavy atom. The van der Waals surface area contributed by atoms with Crippen LogP contribution in [0.4, 0.5) is 10.1 Å². The molecule has 1 aliphatic heterocycles. The molecule has 0 saturated carbocycles. The Hall–Kier alpha value is -2.27. The van der Waals surface area contributed by atoms with Gasteiger partial charge in [-0.15, -0.1) is 0 Å². The summed E-state index contributed by atoms with van der Waals surface area (Å²) in [5.74, 6) is 0.343. The van der Waals surface area contributed by atoms with Gasteiger partial charge in [0, 0.05) is 31.2 Å². The molecule has 1 amide bonds. The SMILES string of the molecule is Cc1cc(OCC(=O)N2CCN(c3ccccc3F)CC2)cc(C)c1Cl. The van der Waals surface area contributed by atoms with Crippen molar-refractivity contribution in [1.82, 2.24) is 4.90 Å². The molecule has 0 atom stereocenters. The first kappa shape index (κ1) is 18.5. The standard InChI is InChI=1S/C20H22ClFN2O2/c1-14-11-16(12-15(2)20(14)21)26-13-19(25)24-9-7-23(8-10-24)18-6-4-3-5-17(18)22/h3-6,11-12H,7-10,13H2,1-2H3. The van der Waals surface area contributed by atoms with Crippen molar-refractivity contribution in [2.75, 3.05) is 37.7 Å². The predicted octanol–water partition coefficient (Wildman–Crippen LogP) is 3.82. The summed E-state index contributed by atoms with van der Waals surface area (Å²) in [7, 11) is 0. The molecule has 0 spiro atoms. The summed E-state index contributed by atoms with van der Waals surface area (Å²) < 4.78 is 19.5. The third kappa shape index (κ3) is 4.10. The second kappa shape index (κ2) is 7.96. The van der Waals surface area contributed by atoms with Crippen molar-refractivity contribution in [2.24, 2.45) is 0 Å². The van der Waals surface area contributed by atoms with Crippen molar-refractivity contribution < 1.29 is 13.9 Å². The Morgan fingerprint density at radius 1 is 1.12 bits per heavy atom. The highest BCUT2D eigenvalue weighted by Gasteiger charge is 2.23. The number of ether oxygens (including phenoxy) is 1. The van der Waals surface area contributed by atoms with E-state index in [1.54, 1.807) is 17.0 Å². The summed E-state index contributed by atoms with van der Waals surface area (Å²) in [5.41, 5.74) is 2.43. The Bertz CT molecular complexity index is 781. The summed E-state index contributed by atoms with van der Waals surface area (Å²) in [6, 6.07) is 10.4. The van der Waals surface area contributed by atoms with Crippen molar-refractivity contribution in [3.63, 3.8) is 0 Å². The zero-order valence-corrected chi connectivity index (χ0v) is 15.7. The van der Waals surface area contributed by atoms with Crippen LogP contribution in [0.3, 0.4) is 0 Å². The second-order valence-electron chi connectivity index (χ2n) is 6.48. The van der Waals surface area contributed by atoms with Crippen molar-refractivity contribution in [1.29, 1.82) is 0 Å². The summed E-state index contributed by atoms with van der Waals surface area (Å²) >= 11 is 6.15. The number of aryl methyl sites for hydroxylation is 2. The fourth-order valence-corrected chi connectivity index (χ4v) is 3.24. The number of benzene rings is 2. The van der Waals surface area contributed by atoms with E-state index in [1.807, 2.05) is 36.9 Å². The van der Waals surface area contributed by atoms with Gasteiger partial charge in [0.05, 0.1) is 5.69 Å². The molecule has 2 aromatic rings. The number of nitrogens with zero attached hydrogens (tertiary/aromatic N) is 2. The van der Waals surface area contributed by atoms with Crippen molar-refractivity contribution in [2.45, 2.75) is 13.8 Å². The third-order valence-electron chi connectivity index (χ3n) is 4.60. The highest BCUT2D eigenvalue weighted by Crippen LogP contribution is 2.26. The number of anilines is 1. The first-order chi connectivity index (χ1) is 12.5. The number of para-hydroxylation sites is 1. The van der Waals surface area contributed by atoms with Crippen LogP contribution in [0.1, 0.15) is 11.1 Å². The van der Waals surface area contributed by atoms with Crippen LogP contribution in [-0.2, 0) is 4.79 Å². The van der Waals surface area contributed by atoms with E-state index >= 15 is 0 Å². The van der Waals surface area contributed by atoms with Crippen molar-refractivity contribution >= 4 is 23.2 Å². The first-order valence-electron chi connectivity index (χ1n) is 8.62. The number of rotatable bonds is 4. The van der Waals surface area contributed by atoms with Crippen LogP contribution in [0.5, 0.6) is 5.75 Å². The number of amides is 1. The van der Waals surface area contributed by atoms with Crippen LogP contribution in [0.2, 0.25) is 5.02 Å². The van der Waals surface area contributed by atoms with Crippen LogP contribution < -0.4 is 9.64 Å². The van der Waals surface area contributed by atoms with Gasteiger partial charge < -0.3 is 14.5 Å². The highest BCUT2D eigenvalue weighted by atomic mass is 35.5. The van der Waals surface area contributed by atoms with Crippen LogP contribution in [0.25, 0.3) is 0 Å². The molecule has 4 nitrogen and oxygen atoms in total. The molecule has 138 valence electrons. The number of hydrogen-bond acceptors (Lipinski definition) is 3. The maximum atomic E-state index is 13.9. The second-order valence-corrected chi connectivity index (χ2v) is 6.86. The van der Waals surface area contributed by atoms with Gasteiger partial charge in [-0.25, -0.2) is 4.39 Å². The van der Waals surface area contributed by atoms with E-state index in [0.717, 1.165) is 11.1 Å². The average molecular weight is 377 g/mol. The fourth-order valence-electron chi connectivity index (χ4n) is 3.13. The molecule has 0 unspecified atom stereocenters. The van der Waals surface area contributed by atoms with Gasteiger partial charge >= 0.3 is 0 Å². The molecule has 6 heteroatoms. The van der Waals surface area contributed by atoms with Crippen LogP contribution in [0, 0.1) is 19.7 Å². The number of piperazine rings is 1. The summed E-state index contributed by atoms with van der Waals surface area (Å²) in [6.45, 7) is 6.11. The number of hydrogen-bond donors (Lipinski definition) is 0. The van der Waals surface area contributed by atoms with Gasteiger partial charge in [0.2, 0.25) is 0 Å². The molecule has 1 heterocycles. The Morgan fingerprint density at radius 2 is 1.73 bits per heavy atom. The maximum Gasteiger partial charge on any atom is 0.260 e. The quantitative estimate of drug-likeness (QED) is 0.813. The first-order valence-corrected chi connectivity index (χ1v) is 9.00. The van der Waals surface area contributed by atoms with E-state index in [2.05, 4.69) is 0 Å². The molecule has 0 aromatic heterocycles. The minimum absolute atomic E-state index is 0.0137. The number of carbonyl (C=O) groups excluding carboxylic acids is 1. The summed E-state index contributed by atoms with van der Waals surface area (Å²) in [5, 5.41) is 0.716. The van der Waals surface area contributed by atoms with E-state index in [-0.39, 0.29) is 18.3 Å². The average Bonchev–Trinajstić information content (AvgIpc) is 2.64. The minimum atomic E-state index is -0.232. The van der Waals surface area contributed by atoms with Gasteiger partial charge in [0.25, 0.3) is 5.91 Å². The minimum Gasteiger partial charge on any atom is -0.484 e. The van der Waals surface area contributed by atoms with Gasteiger partial charge in [0.15, 0.2) is 6.61 Å². The molecule has 1 saturated heterocycles. The Balaban J connectivity index is 1.53. The number of halogens is 2. The largest absolute Gasteiger partial charge is 0.484 e. The molecule has 0 N–H and O–H groups in total. The lowest BCUT2D eigenvalue weighted by atomic mass is 10.1. The number of carbonyl (C=O) groups is 1. The molecule has 3 rings (SSSR count). The van der Waals surface area contributed by atoms with Crippen molar-refractivity contribution in [3.8, 4) is 5.75 Å². The van der Waals surface area contributed by atoms with E-state index in [9.17, 15) is 9.18 Å². The topological polar surface area (TPSA) is 32.8 Å². The highest BCUT2D eigenvalue weighted by molar-refractivity contribution is 6.32. The molecule has 1 aliphatic rings. The normalized spacial score (nSPS) is 14.5. The van der Waals surface area contributed by atoms with Gasteiger partial charge in [0.1, 0.15) is 11.6 Å². The molecular weight excluding hydrogens is 355 g/mol. The smallest absolute Gasteiger partial charge is 0.260 e. The maximum absolute atomic E-state index is 13.9. The van der Waals surface area contributed by atoms with Crippen molar-refractivity contribution in [3.05, 3.63) is 58.4 Å². The lowest BCUT2D eigenvalue weighted by molar-refractivity contribution is -0.133. The molecule has 0 radical (unpaired) electrons.